The average Bonchev–Trinajstić information content (AvgIpc) is 3.36. The quantitative estimate of drug-likeness (QED) is 0.182. The largest absolute Gasteiger partial charge is 0.264 e. The van der Waals surface area contributed by atoms with Crippen molar-refractivity contribution in [2.24, 2.45) is 0 Å². The van der Waals surface area contributed by atoms with E-state index in [1.165, 1.54) is 65.4 Å². The first-order valence-electron chi connectivity index (χ1n) is 18.8. The van der Waals surface area contributed by atoms with Crippen molar-refractivity contribution in [3.05, 3.63) is 209 Å². The molecule has 3 nitrogen and oxygen atoms in total. The first kappa shape index (κ1) is 32.1. The molecule has 0 fully saturated rings. The number of nitrogens with zero attached hydrogens (tertiary/aromatic N) is 3. The second-order valence-corrected chi connectivity index (χ2v) is 16.3. The fourth-order valence-corrected chi connectivity index (χ4v) is 10.5. The number of fused-ring (bicyclic) bond motifs is 11. The molecule has 3 heterocycles. The molecule has 0 saturated heterocycles. The van der Waals surface area contributed by atoms with E-state index in [1.54, 1.807) is 6.20 Å². The van der Waals surface area contributed by atoms with E-state index in [1.807, 2.05) is 42.2 Å². The van der Waals surface area contributed by atoms with Crippen LogP contribution in [0.15, 0.2) is 174 Å². The Morgan fingerprint density at radius 2 is 1.15 bits per heavy atom. The van der Waals surface area contributed by atoms with Crippen LogP contribution in [0.1, 0.15) is 58.4 Å². The molecule has 8 aromatic rings. The third-order valence-corrected chi connectivity index (χ3v) is 13.0. The molecule has 11 rings (SSSR count). The molecule has 0 bridgehead atoms. The van der Waals surface area contributed by atoms with Crippen LogP contribution in [-0.2, 0) is 10.8 Å². The predicted molar refractivity (Wildman–Crippen MR) is 225 cm³/mol. The van der Waals surface area contributed by atoms with E-state index >= 15 is 0 Å². The highest BCUT2D eigenvalue weighted by Crippen LogP contribution is 2.61. The third-order valence-electron chi connectivity index (χ3n) is 11.9. The van der Waals surface area contributed by atoms with Crippen molar-refractivity contribution in [3.8, 4) is 45.0 Å². The summed E-state index contributed by atoms with van der Waals surface area (Å²) >= 11 is 1.90. The minimum Gasteiger partial charge on any atom is -0.264 e. The number of benzene rings is 6. The standard InChI is InChI=1S/C51H35N3S/c1-50(2)40-19-9-7-17-37(40)38-28-44-48(29-43(38)50)55-47-21-11-10-20-41(47)51(44)39-18-8-6-13-32(39)22-23-33-24-25-35(27-42(33)51)45-30-46(36-16-12-26-52-31-36)54-49(53-45)34-14-4-3-5-15-34/h3-31H,1-2H3. The Morgan fingerprint density at radius 3 is 1.96 bits per heavy atom. The van der Waals surface area contributed by atoms with Gasteiger partial charge in [-0.3, -0.25) is 4.98 Å². The van der Waals surface area contributed by atoms with Gasteiger partial charge in [0.1, 0.15) is 0 Å². The van der Waals surface area contributed by atoms with Crippen molar-refractivity contribution in [2.45, 2.75) is 34.5 Å². The molecular weight excluding hydrogens is 687 g/mol. The maximum atomic E-state index is 5.27. The second kappa shape index (κ2) is 12.1. The SMILES string of the molecule is CC1(C)c2ccccc2-c2cc3c(cc21)Sc1ccccc1C31c2ccccc2C=Cc2ccc(-c3cc(-c4cccnc4)nc(-c4ccccc4)n3)cc21. The van der Waals surface area contributed by atoms with Gasteiger partial charge >= 0.3 is 0 Å². The van der Waals surface area contributed by atoms with Crippen LogP contribution in [0, 0.1) is 0 Å². The zero-order valence-electron chi connectivity index (χ0n) is 30.5. The predicted octanol–water partition coefficient (Wildman–Crippen LogP) is 12.5. The molecular formula is C51H35N3S. The Kier molecular flexibility index (Phi) is 7.05. The maximum absolute atomic E-state index is 5.27. The Bertz CT molecular complexity index is 2820. The molecule has 3 aliphatic rings. The molecule has 55 heavy (non-hydrogen) atoms. The van der Waals surface area contributed by atoms with Crippen molar-refractivity contribution in [2.75, 3.05) is 0 Å². The van der Waals surface area contributed by atoms with Gasteiger partial charge in [-0.15, -0.1) is 0 Å². The molecule has 2 aromatic heterocycles. The number of pyridine rings is 1. The van der Waals surface area contributed by atoms with Gasteiger partial charge in [0.2, 0.25) is 0 Å². The molecule has 260 valence electrons. The van der Waals surface area contributed by atoms with Crippen LogP contribution in [0.2, 0.25) is 0 Å². The maximum Gasteiger partial charge on any atom is 0.160 e. The van der Waals surface area contributed by atoms with Crippen LogP contribution in [0.25, 0.3) is 57.2 Å². The summed E-state index contributed by atoms with van der Waals surface area (Å²) in [5.74, 6) is 0.688. The van der Waals surface area contributed by atoms with Gasteiger partial charge in [-0.1, -0.05) is 147 Å². The van der Waals surface area contributed by atoms with Crippen LogP contribution in [0.5, 0.6) is 0 Å². The molecule has 0 N–H and O–H groups in total. The average molecular weight is 722 g/mol. The van der Waals surface area contributed by atoms with E-state index in [0.29, 0.717) is 5.82 Å². The Labute approximate surface area is 325 Å². The lowest BCUT2D eigenvalue weighted by molar-refractivity contribution is 0.653. The summed E-state index contributed by atoms with van der Waals surface area (Å²) in [7, 11) is 0. The molecule has 0 saturated carbocycles. The van der Waals surface area contributed by atoms with E-state index in [2.05, 4.69) is 158 Å². The van der Waals surface area contributed by atoms with E-state index in [0.717, 1.165) is 28.1 Å². The summed E-state index contributed by atoms with van der Waals surface area (Å²) in [5, 5.41) is 0. The van der Waals surface area contributed by atoms with Gasteiger partial charge in [0.25, 0.3) is 0 Å². The van der Waals surface area contributed by atoms with Crippen molar-refractivity contribution < 1.29 is 0 Å². The van der Waals surface area contributed by atoms with Crippen molar-refractivity contribution in [1.29, 1.82) is 0 Å². The number of hydrogen-bond acceptors (Lipinski definition) is 4. The van der Waals surface area contributed by atoms with Gasteiger partial charge in [0.05, 0.1) is 16.8 Å². The number of aromatic nitrogens is 3. The minimum absolute atomic E-state index is 0.102. The van der Waals surface area contributed by atoms with Crippen LogP contribution in [-0.4, -0.2) is 15.0 Å². The van der Waals surface area contributed by atoms with Gasteiger partial charge in [-0.05, 0) is 98.1 Å². The molecule has 0 radical (unpaired) electrons. The lowest BCUT2D eigenvalue weighted by Gasteiger charge is -2.43. The fraction of sp³-hybridized carbons (Fsp3) is 0.0784. The van der Waals surface area contributed by atoms with Crippen LogP contribution in [0.4, 0.5) is 0 Å². The van der Waals surface area contributed by atoms with Crippen molar-refractivity contribution in [3.63, 3.8) is 0 Å². The first-order chi connectivity index (χ1) is 27.0. The zero-order chi connectivity index (χ0) is 36.7. The topological polar surface area (TPSA) is 38.7 Å². The monoisotopic (exact) mass is 721 g/mol. The van der Waals surface area contributed by atoms with E-state index < -0.39 is 5.41 Å². The third kappa shape index (κ3) is 4.74. The Morgan fingerprint density at radius 1 is 0.455 bits per heavy atom. The van der Waals surface area contributed by atoms with Gasteiger partial charge in [-0.2, -0.15) is 0 Å². The van der Waals surface area contributed by atoms with Crippen LogP contribution >= 0.6 is 11.8 Å². The van der Waals surface area contributed by atoms with Gasteiger partial charge in [-0.25, -0.2) is 9.97 Å². The minimum atomic E-state index is -0.610. The smallest absolute Gasteiger partial charge is 0.160 e. The van der Waals surface area contributed by atoms with Gasteiger partial charge in [0, 0.05) is 44.3 Å². The fourth-order valence-electron chi connectivity index (χ4n) is 9.28. The lowest BCUT2D eigenvalue weighted by Crippen LogP contribution is -2.35. The number of rotatable bonds is 3. The normalized spacial score (nSPS) is 16.6. The Hall–Kier alpha value is -6.36. The molecule has 4 heteroatoms. The second-order valence-electron chi connectivity index (χ2n) is 15.2. The van der Waals surface area contributed by atoms with Gasteiger partial charge < -0.3 is 0 Å². The van der Waals surface area contributed by atoms with Crippen molar-refractivity contribution >= 4 is 23.9 Å². The highest BCUT2D eigenvalue weighted by Gasteiger charge is 2.48. The summed E-state index contributed by atoms with van der Waals surface area (Å²) in [4.78, 5) is 17.4. The molecule has 2 aliphatic carbocycles. The highest BCUT2D eigenvalue weighted by atomic mass is 32.2. The van der Waals surface area contributed by atoms with E-state index in [4.69, 9.17) is 9.97 Å². The summed E-state index contributed by atoms with van der Waals surface area (Å²) in [6.45, 7) is 4.75. The molecule has 1 aliphatic heterocycles. The molecule has 0 amide bonds. The first-order valence-corrected chi connectivity index (χ1v) is 19.7. The molecule has 1 unspecified atom stereocenters. The van der Waals surface area contributed by atoms with Crippen LogP contribution < -0.4 is 0 Å². The summed E-state index contributed by atoms with van der Waals surface area (Å²) < 4.78 is 0. The molecule has 1 atom stereocenters. The van der Waals surface area contributed by atoms with Crippen molar-refractivity contribution in [1.82, 2.24) is 15.0 Å². The summed E-state index contributed by atoms with van der Waals surface area (Å²) in [6.07, 6.45) is 8.28. The lowest BCUT2D eigenvalue weighted by atomic mass is 9.62. The summed E-state index contributed by atoms with van der Waals surface area (Å²) in [6, 6.07) is 55.4. The van der Waals surface area contributed by atoms with Gasteiger partial charge in [0.15, 0.2) is 5.82 Å². The molecule has 6 aromatic carbocycles. The van der Waals surface area contributed by atoms with Crippen LogP contribution in [0.3, 0.4) is 0 Å². The highest BCUT2D eigenvalue weighted by molar-refractivity contribution is 7.99. The number of hydrogen-bond donors (Lipinski definition) is 0. The van der Waals surface area contributed by atoms with E-state index in [-0.39, 0.29) is 5.41 Å². The molecule has 1 spiro atoms. The summed E-state index contributed by atoms with van der Waals surface area (Å²) in [5.41, 5.74) is 17.0. The Balaban J connectivity index is 1.23. The van der Waals surface area contributed by atoms with E-state index in [9.17, 15) is 0 Å². The zero-order valence-corrected chi connectivity index (χ0v) is 31.3.